The number of para-hydroxylation sites is 1. The van der Waals surface area contributed by atoms with Crippen molar-refractivity contribution in [3.05, 3.63) is 42.1 Å². The summed E-state index contributed by atoms with van der Waals surface area (Å²) in [6.45, 7) is 0. The third kappa shape index (κ3) is 3.68. The maximum Gasteiger partial charge on any atom is 0.326 e. The Morgan fingerprint density at radius 1 is 1.29 bits per heavy atom. The molecule has 0 aliphatic carbocycles. The third-order valence-electron chi connectivity index (χ3n) is 1.79. The number of urea groups is 1. The molecule has 1 rings (SSSR count). The molecule has 0 bridgehead atoms. The lowest BCUT2D eigenvalue weighted by molar-refractivity contribution is -0.116. The van der Waals surface area contributed by atoms with Gasteiger partial charge in [-0.15, -0.1) is 0 Å². The smallest absolute Gasteiger partial charge is 0.326 e. The van der Waals surface area contributed by atoms with Gasteiger partial charge < -0.3 is 11.1 Å². The number of carbonyl (C=O) groups is 2. The average molecular weight is 230 g/mol. The largest absolute Gasteiger partial charge is 0.403 e. The predicted molar refractivity (Wildman–Crippen MR) is 61.5 cm³/mol. The molecule has 0 saturated heterocycles. The highest BCUT2D eigenvalue weighted by atomic mass is 16.2. The van der Waals surface area contributed by atoms with E-state index in [0.717, 1.165) is 6.20 Å². The van der Waals surface area contributed by atoms with E-state index < -0.39 is 11.9 Å². The number of rotatable bonds is 2. The van der Waals surface area contributed by atoms with E-state index in [4.69, 9.17) is 11.0 Å². The highest BCUT2D eigenvalue weighted by Gasteiger charge is 2.11. The normalized spacial score (nSPS) is 10.2. The highest BCUT2D eigenvalue weighted by Crippen LogP contribution is 2.04. The fourth-order valence-corrected chi connectivity index (χ4v) is 1.02. The molecule has 0 saturated carbocycles. The van der Waals surface area contributed by atoms with Gasteiger partial charge in [-0.1, -0.05) is 18.2 Å². The Morgan fingerprint density at radius 3 is 2.47 bits per heavy atom. The zero-order chi connectivity index (χ0) is 12.7. The van der Waals surface area contributed by atoms with E-state index in [1.165, 1.54) is 0 Å². The number of nitrogens with zero attached hydrogens (tertiary/aromatic N) is 1. The Labute approximate surface area is 97.7 Å². The van der Waals surface area contributed by atoms with E-state index in [9.17, 15) is 9.59 Å². The Bertz CT molecular complexity index is 488. The zero-order valence-corrected chi connectivity index (χ0v) is 8.81. The van der Waals surface area contributed by atoms with Crippen molar-refractivity contribution in [2.24, 2.45) is 5.73 Å². The van der Waals surface area contributed by atoms with E-state index in [-0.39, 0.29) is 5.57 Å². The number of amides is 3. The SMILES string of the molecule is N#C/C(=C\N)C(=O)NC(=O)Nc1ccccc1. The minimum atomic E-state index is -0.844. The summed E-state index contributed by atoms with van der Waals surface area (Å²) < 4.78 is 0. The second-order valence-corrected chi connectivity index (χ2v) is 2.97. The van der Waals surface area contributed by atoms with Crippen LogP contribution < -0.4 is 16.4 Å². The molecule has 6 heteroatoms. The number of benzene rings is 1. The van der Waals surface area contributed by atoms with Crippen LogP contribution in [0.1, 0.15) is 0 Å². The molecule has 6 nitrogen and oxygen atoms in total. The monoisotopic (exact) mass is 230 g/mol. The molecule has 1 aromatic carbocycles. The molecule has 0 spiro atoms. The second-order valence-electron chi connectivity index (χ2n) is 2.97. The van der Waals surface area contributed by atoms with Gasteiger partial charge in [0.25, 0.3) is 5.91 Å². The molecule has 0 aliphatic heterocycles. The molecule has 86 valence electrons. The third-order valence-corrected chi connectivity index (χ3v) is 1.79. The van der Waals surface area contributed by atoms with Crippen molar-refractivity contribution in [3.63, 3.8) is 0 Å². The van der Waals surface area contributed by atoms with Crippen molar-refractivity contribution in [1.82, 2.24) is 5.32 Å². The van der Waals surface area contributed by atoms with Crippen molar-refractivity contribution in [2.45, 2.75) is 0 Å². The van der Waals surface area contributed by atoms with Crippen LogP contribution in [-0.2, 0) is 4.79 Å². The molecule has 4 N–H and O–H groups in total. The van der Waals surface area contributed by atoms with Crippen LogP contribution in [0.15, 0.2) is 42.1 Å². The van der Waals surface area contributed by atoms with Gasteiger partial charge in [-0.2, -0.15) is 5.26 Å². The summed E-state index contributed by atoms with van der Waals surface area (Å²) in [7, 11) is 0. The van der Waals surface area contributed by atoms with Crippen LogP contribution in [0.5, 0.6) is 0 Å². The van der Waals surface area contributed by atoms with Crippen LogP contribution in [0.4, 0.5) is 10.5 Å². The molecule has 3 amide bonds. The van der Waals surface area contributed by atoms with Gasteiger partial charge >= 0.3 is 6.03 Å². The standard InChI is InChI=1S/C11H10N4O2/c12-6-8(7-13)10(16)15-11(17)14-9-4-2-1-3-5-9/h1-6H,12H2,(H2,14,15,16,17)/b8-6+. The van der Waals surface area contributed by atoms with E-state index in [0.29, 0.717) is 5.69 Å². The maximum atomic E-state index is 11.3. The van der Waals surface area contributed by atoms with Crippen molar-refractivity contribution in [3.8, 4) is 6.07 Å². The summed E-state index contributed by atoms with van der Waals surface area (Å²) in [5.41, 5.74) is 5.24. The molecule has 0 heterocycles. The van der Waals surface area contributed by atoms with Crippen molar-refractivity contribution < 1.29 is 9.59 Å². The van der Waals surface area contributed by atoms with Crippen LogP contribution >= 0.6 is 0 Å². The number of hydrogen-bond acceptors (Lipinski definition) is 4. The van der Waals surface area contributed by atoms with Crippen LogP contribution in [0.25, 0.3) is 0 Å². The maximum absolute atomic E-state index is 11.3. The molecule has 0 aromatic heterocycles. The number of nitrogens with one attached hydrogen (secondary N) is 2. The minimum Gasteiger partial charge on any atom is -0.403 e. The van der Waals surface area contributed by atoms with Gasteiger partial charge in [0.05, 0.1) is 0 Å². The van der Waals surface area contributed by atoms with E-state index >= 15 is 0 Å². The number of imide groups is 1. The van der Waals surface area contributed by atoms with Gasteiger partial charge in [0, 0.05) is 11.9 Å². The molecular weight excluding hydrogens is 220 g/mol. The first-order chi connectivity index (χ1) is 8.17. The first kappa shape index (κ1) is 12.3. The van der Waals surface area contributed by atoms with Crippen molar-refractivity contribution >= 4 is 17.6 Å². The first-order valence-electron chi connectivity index (χ1n) is 4.66. The number of nitrogens with two attached hydrogens (primary N) is 1. The Kier molecular flexibility index (Phi) is 4.27. The molecule has 0 atom stereocenters. The molecule has 0 radical (unpaired) electrons. The van der Waals surface area contributed by atoms with Crippen LogP contribution in [0, 0.1) is 11.3 Å². The molecule has 0 fully saturated rings. The molecule has 0 unspecified atom stereocenters. The van der Waals surface area contributed by atoms with E-state index in [1.807, 2.05) is 5.32 Å². The van der Waals surface area contributed by atoms with Gasteiger partial charge in [0.2, 0.25) is 0 Å². The van der Waals surface area contributed by atoms with Crippen LogP contribution in [-0.4, -0.2) is 11.9 Å². The summed E-state index contributed by atoms with van der Waals surface area (Å²) in [5, 5.41) is 12.9. The second kappa shape index (κ2) is 5.92. The summed E-state index contributed by atoms with van der Waals surface area (Å²) >= 11 is 0. The number of anilines is 1. The fraction of sp³-hybridized carbons (Fsp3) is 0. The fourth-order valence-electron chi connectivity index (χ4n) is 1.02. The Balaban J connectivity index is 2.57. The molecule has 0 aliphatic rings. The summed E-state index contributed by atoms with van der Waals surface area (Å²) in [6.07, 6.45) is 0.838. The van der Waals surface area contributed by atoms with Gasteiger partial charge in [-0.25, -0.2) is 4.79 Å². The number of carbonyl (C=O) groups excluding carboxylic acids is 2. The first-order valence-corrected chi connectivity index (χ1v) is 4.66. The van der Waals surface area contributed by atoms with Crippen LogP contribution in [0.3, 0.4) is 0 Å². The van der Waals surface area contributed by atoms with Crippen molar-refractivity contribution in [2.75, 3.05) is 5.32 Å². The van der Waals surface area contributed by atoms with Gasteiger partial charge in [0.15, 0.2) is 0 Å². The minimum absolute atomic E-state index is 0.326. The lowest BCUT2D eigenvalue weighted by Gasteiger charge is -2.05. The lowest BCUT2D eigenvalue weighted by atomic mass is 10.3. The topological polar surface area (TPSA) is 108 Å². The highest BCUT2D eigenvalue weighted by molar-refractivity contribution is 6.09. The summed E-state index contributed by atoms with van der Waals surface area (Å²) in [6, 6.07) is 9.42. The summed E-state index contributed by atoms with van der Waals surface area (Å²) in [5.74, 6) is -0.844. The van der Waals surface area contributed by atoms with Gasteiger partial charge in [0.1, 0.15) is 11.6 Å². The predicted octanol–water partition coefficient (Wildman–Crippen LogP) is 0.701. The molecule has 1 aromatic rings. The lowest BCUT2D eigenvalue weighted by Crippen LogP contribution is -2.35. The number of hydrogen-bond donors (Lipinski definition) is 3. The van der Waals surface area contributed by atoms with Gasteiger partial charge in [-0.3, -0.25) is 10.1 Å². The Hall–Kier alpha value is -2.81. The van der Waals surface area contributed by atoms with E-state index in [2.05, 4.69) is 5.32 Å². The summed E-state index contributed by atoms with van der Waals surface area (Å²) in [4.78, 5) is 22.6. The molecular formula is C11H10N4O2. The molecule has 17 heavy (non-hydrogen) atoms. The van der Waals surface area contributed by atoms with Crippen molar-refractivity contribution in [1.29, 1.82) is 5.26 Å². The quantitative estimate of drug-likeness (QED) is 0.513. The van der Waals surface area contributed by atoms with Crippen LogP contribution in [0.2, 0.25) is 0 Å². The Morgan fingerprint density at radius 2 is 1.94 bits per heavy atom. The van der Waals surface area contributed by atoms with E-state index in [1.54, 1.807) is 36.4 Å². The zero-order valence-electron chi connectivity index (χ0n) is 8.81. The number of nitriles is 1. The average Bonchev–Trinajstić information content (AvgIpc) is 2.31. The van der Waals surface area contributed by atoms with Gasteiger partial charge in [-0.05, 0) is 12.1 Å².